The average molecular weight is 559 g/mol. The molecule has 11 heteroatoms. The number of hydrogen-bond donors (Lipinski definition) is 3. The second-order valence-corrected chi connectivity index (χ2v) is 12.1. The standard InChI is InChI=1S/C28H29F3N4O3S/c1-26(2)15-27(38,9-7-20(26)23(36)37)24-33-14-21(39-24)18-11-17(6-5-16-3-4-16)12-19(13-18)34-25-32-10-8-22(35-25)28(29,30)31/h5-6,8,10-14,16,20,38H,3-4,7,9,15H2,1-2H3,(H,36,37)(H,32,34,35)/b6-5-. The molecule has 2 aliphatic carbocycles. The van der Waals surface area contributed by atoms with Crippen LogP contribution in [0.5, 0.6) is 0 Å². The van der Waals surface area contributed by atoms with Gasteiger partial charge in [-0.2, -0.15) is 13.2 Å². The highest BCUT2D eigenvalue weighted by atomic mass is 32.1. The van der Waals surface area contributed by atoms with Crippen LogP contribution in [-0.4, -0.2) is 31.1 Å². The van der Waals surface area contributed by atoms with E-state index < -0.39 is 34.8 Å². The van der Waals surface area contributed by atoms with Crippen LogP contribution in [-0.2, 0) is 16.6 Å². The smallest absolute Gasteiger partial charge is 0.433 e. The van der Waals surface area contributed by atoms with Gasteiger partial charge in [0.05, 0.1) is 10.8 Å². The number of halogens is 3. The van der Waals surface area contributed by atoms with Gasteiger partial charge in [-0.1, -0.05) is 26.0 Å². The van der Waals surface area contributed by atoms with E-state index in [1.165, 1.54) is 11.3 Å². The molecule has 3 aromatic rings. The molecule has 2 unspecified atom stereocenters. The number of aliphatic carboxylic acids is 1. The lowest BCUT2D eigenvalue weighted by Gasteiger charge is -2.44. The van der Waals surface area contributed by atoms with Crippen LogP contribution in [0.1, 0.15) is 62.2 Å². The van der Waals surface area contributed by atoms with E-state index >= 15 is 0 Å². The largest absolute Gasteiger partial charge is 0.481 e. The van der Waals surface area contributed by atoms with Crippen LogP contribution in [0.25, 0.3) is 16.5 Å². The number of aliphatic hydroxyl groups is 1. The highest BCUT2D eigenvalue weighted by Gasteiger charge is 2.49. The van der Waals surface area contributed by atoms with Gasteiger partial charge >= 0.3 is 12.1 Å². The summed E-state index contributed by atoms with van der Waals surface area (Å²) in [5.74, 6) is -1.04. The quantitative estimate of drug-likeness (QED) is 0.290. The van der Waals surface area contributed by atoms with Gasteiger partial charge in [0, 0.05) is 18.1 Å². The minimum atomic E-state index is -4.59. The first-order valence-corrected chi connectivity index (χ1v) is 13.6. The van der Waals surface area contributed by atoms with E-state index in [9.17, 15) is 28.2 Å². The van der Waals surface area contributed by atoms with Crippen LogP contribution in [0.2, 0.25) is 0 Å². The number of thiazole rings is 1. The van der Waals surface area contributed by atoms with Gasteiger partial charge in [-0.05, 0) is 78.8 Å². The van der Waals surface area contributed by atoms with Crippen LogP contribution >= 0.6 is 11.3 Å². The minimum Gasteiger partial charge on any atom is -0.481 e. The molecule has 206 valence electrons. The summed E-state index contributed by atoms with van der Waals surface area (Å²) in [6.07, 6.45) is 5.44. The predicted octanol–water partition coefficient (Wildman–Crippen LogP) is 6.88. The molecule has 2 saturated carbocycles. The topological polar surface area (TPSA) is 108 Å². The lowest BCUT2D eigenvalue weighted by atomic mass is 9.63. The minimum absolute atomic E-state index is 0.171. The van der Waals surface area contributed by atoms with E-state index in [0.29, 0.717) is 29.5 Å². The van der Waals surface area contributed by atoms with Crippen molar-refractivity contribution in [3.8, 4) is 10.4 Å². The van der Waals surface area contributed by atoms with Crippen molar-refractivity contribution in [1.82, 2.24) is 15.0 Å². The van der Waals surface area contributed by atoms with Crippen molar-refractivity contribution >= 4 is 35.0 Å². The van der Waals surface area contributed by atoms with Crippen molar-refractivity contribution in [3.05, 3.63) is 59.0 Å². The van der Waals surface area contributed by atoms with Crippen LogP contribution in [0.4, 0.5) is 24.8 Å². The first-order valence-electron chi connectivity index (χ1n) is 12.7. The Balaban J connectivity index is 1.45. The van der Waals surface area contributed by atoms with Gasteiger partial charge in [-0.3, -0.25) is 4.79 Å². The molecule has 2 aliphatic rings. The fourth-order valence-corrected chi connectivity index (χ4v) is 6.23. The van der Waals surface area contributed by atoms with E-state index in [2.05, 4.69) is 26.3 Å². The van der Waals surface area contributed by atoms with Crippen molar-refractivity contribution in [2.45, 2.75) is 57.7 Å². The van der Waals surface area contributed by atoms with Crippen molar-refractivity contribution in [2.75, 3.05) is 5.32 Å². The number of carboxylic acids is 1. The number of alkyl halides is 3. The molecule has 0 spiro atoms. The van der Waals surface area contributed by atoms with Crippen LogP contribution in [0, 0.1) is 17.3 Å². The van der Waals surface area contributed by atoms with E-state index in [0.717, 1.165) is 41.1 Å². The van der Waals surface area contributed by atoms with Crippen molar-refractivity contribution in [2.24, 2.45) is 17.3 Å². The van der Waals surface area contributed by atoms with Gasteiger partial charge in [0.25, 0.3) is 0 Å². The lowest BCUT2D eigenvalue weighted by molar-refractivity contribution is -0.154. The van der Waals surface area contributed by atoms with Gasteiger partial charge in [0.1, 0.15) is 16.3 Å². The molecule has 0 bridgehead atoms. The Morgan fingerprint density at radius 2 is 1.95 bits per heavy atom. The Labute approximate surface area is 227 Å². The number of anilines is 2. The normalized spacial score (nSPS) is 23.2. The number of rotatable bonds is 7. The molecule has 1 aromatic carbocycles. The first kappa shape index (κ1) is 27.3. The van der Waals surface area contributed by atoms with E-state index in [-0.39, 0.29) is 12.4 Å². The average Bonchev–Trinajstić information content (AvgIpc) is 3.53. The first-order chi connectivity index (χ1) is 18.3. The molecule has 3 N–H and O–H groups in total. The van der Waals surface area contributed by atoms with E-state index in [4.69, 9.17) is 0 Å². The summed E-state index contributed by atoms with van der Waals surface area (Å²) < 4.78 is 39.5. The molecule has 5 rings (SSSR count). The fraction of sp³-hybridized carbons (Fsp3) is 0.429. The highest BCUT2D eigenvalue weighted by molar-refractivity contribution is 7.15. The van der Waals surface area contributed by atoms with Crippen LogP contribution in [0.15, 0.2) is 42.7 Å². The maximum Gasteiger partial charge on any atom is 0.433 e. The maximum atomic E-state index is 13.2. The Kier molecular flexibility index (Phi) is 7.00. The molecule has 0 aliphatic heterocycles. The molecule has 0 radical (unpaired) electrons. The zero-order valence-electron chi connectivity index (χ0n) is 21.5. The van der Waals surface area contributed by atoms with Gasteiger partial charge in [0.15, 0.2) is 0 Å². The zero-order valence-corrected chi connectivity index (χ0v) is 22.3. The number of nitrogens with one attached hydrogen (secondary N) is 1. The molecule has 7 nitrogen and oxygen atoms in total. The summed E-state index contributed by atoms with van der Waals surface area (Å²) >= 11 is 1.33. The highest BCUT2D eigenvalue weighted by Crippen LogP contribution is 2.51. The monoisotopic (exact) mass is 558 g/mol. The SMILES string of the molecule is CC1(C)CC(O)(c2ncc(-c3cc(/C=C\C4CC4)cc(Nc4nccc(C(F)(F)F)n4)c3)s2)CCC1C(=O)O. The molecule has 39 heavy (non-hydrogen) atoms. The molecule has 2 atom stereocenters. The van der Waals surface area contributed by atoms with Gasteiger partial charge in [-0.25, -0.2) is 15.0 Å². The summed E-state index contributed by atoms with van der Waals surface area (Å²) in [4.78, 5) is 24.5. The van der Waals surface area contributed by atoms with Crippen molar-refractivity contribution < 1.29 is 28.2 Å². The summed E-state index contributed by atoms with van der Waals surface area (Å²) in [6, 6.07) is 6.38. The molecule has 2 fully saturated rings. The van der Waals surface area contributed by atoms with Crippen molar-refractivity contribution in [3.63, 3.8) is 0 Å². The third kappa shape index (κ3) is 6.14. The number of carboxylic acid groups (broad SMARTS) is 1. The number of nitrogens with zero attached hydrogens (tertiary/aromatic N) is 3. The second kappa shape index (κ2) is 10.0. The molecule has 0 saturated heterocycles. The van der Waals surface area contributed by atoms with E-state index in [1.807, 2.05) is 32.1 Å². The number of hydrogen-bond acceptors (Lipinski definition) is 7. The lowest BCUT2D eigenvalue weighted by Crippen LogP contribution is -2.44. The molecule has 2 aromatic heterocycles. The van der Waals surface area contributed by atoms with Gasteiger partial charge < -0.3 is 15.5 Å². The summed E-state index contributed by atoms with van der Waals surface area (Å²) in [5, 5.41) is 24.5. The summed E-state index contributed by atoms with van der Waals surface area (Å²) in [6.45, 7) is 3.71. The summed E-state index contributed by atoms with van der Waals surface area (Å²) in [7, 11) is 0. The zero-order chi connectivity index (χ0) is 28.0. The van der Waals surface area contributed by atoms with Crippen LogP contribution in [0.3, 0.4) is 0 Å². The van der Waals surface area contributed by atoms with Gasteiger partial charge in [-0.15, -0.1) is 11.3 Å². The summed E-state index contributed by atoms with van der Waals surface area (Å²) in [5.41, 5.74) is -0.751. The van der Waals surface area contributed by atoms with Crippen LogP contribution < -0.4 is 5.32 Å². The van der Waals surface area contributed by atoms with Gasteiger partial charge in [0.2, 0.25) is 5.95 Å². The Morgan fingerprint density at radius 1 is 1.18 bits per heavy atom. The number of benzene rings is 1. The number of carbonyl (C=O) groups is 1. The second-order valence-electron chi connectivity index (χ2n) is 11.1. The molecule has 0 amide bonds. The predicted molar refractivity (Wildman–Crippen MR) is 142 cm³/mol. The Bertz CT molecular complexity index is 1420. The Hall–Kier alpha value is -3.31. The third-order valence-electron chi connectivity index (χ3n) is 7.36. The van der Waals surface area contributed by atoms with Crippen molar-refractivity contribution in [1.29, 1.82) is 0 Å². The number of aromatic nitrogens is 3. The maximum absolute atomic E-state index is 13.2. The van der Waals surface area contributed by atoms with E-state index in [1.54, 1.807) is 12.3 Å². The number of allylic oxidation sites excluding steroid dienone is 1. The molecular weight excluding hydrogens is 529 g/mol. The molecular formula is C28H29F3N4O3S. The third-order valence-corrected chi connectivity index (χ3v) is 8.60. The fourth-order valence-electron chi connectivity index (χ4n) is 5.21. The molecule has 2 heterocycles. The Morgan fingerprint density at radius 3 is 2.62 bits per heavy atom.